The van der Waals surface area contributed by atoms with Gasteiger partial charge in [0, 0.05) is 70.0 Å². The summed E-state index contributed by atoms with van der Waals surface area (Å²) in [6.07, 6.45) is -2.67. The highest BCUT2D eigenvalue weighted by atomic mass is 32.2. The van der Waals surface area contributed by atoms with Gasteiger partial charge in [-0.15, -0.1) is 11.3 Å². The Kier molecular flexibility index (Phi) is 8.97. The van der Waals surface area contributed by atoms with E-state index >= 15 is 0 Å². The fourth-order valence-electron chi connectivity index (χ4n) is 6.84. The van der Waals surface area contributed by atoms with E-state index in [1.54, 1.807) is 0 Å². The van der Waals surface area contributed by atoms with Crippen LogP contribution in [0.5, 0.6) is 0 Å². The fraction of sp³-hybridized carbons (Fsp3) is 0.500. The molecular formula is C32H39F3N8OS2. The van der Waals surface area contributed by atoms with Crippen LogP contribution in [0, 0.1) is 30.1 Å². The van der Waals surface area contributed by atoms with Crippen LogP contribution in [0.4, 0.5) is 24.9 Å². The maximum atomic E-state index is 13.0. The number of thiophene rings is 1. The third kappa shape index (κ3) is 7.12. The van der Waals surface area contributed by atoms with Crippen molar-refractivity contribution in [2.45, 2.75) is 64.8 Å². The zero-order valence-corrected chi connectivity index (χ0v) is 27.6. The molecule has 1 aromatic carbocycles. The second-order valence-corrected chi connectivity index (χ2v) is 16.1. The van der Waals surface area contributed by atoms with E-state index in [-0.39, 0.29) is 28.7 Å². The van der Waals surface area contributed by atoms with E-state index in [4.69, 9.17) is 5.73 Å². The summed E-state index contributed by atoms with van der Waals surface area (Å²) in [6.45, 7) is 8.14. The van der Waals surface area contributed by atoms with Crippen LogP contribution in [0.3, 0.4) is 0 Å². The monoisotopic (exact) mass is 672 g/mol. The lowest BCUT2D eigenvalue weighted by Crippen LogP contribution is -2.40. The number of rotatable bonds is 8. The van der Waals surface area contributed by atoms with Gasteiger partial charge in [-0.1, -0.05) is 13.0 Å². The standard InChI is InChI=1S/C32H39F3N8OS2/c1-19(22-6-9-38-46(3,44)18-22)16-43-24(15-36)12-26-20(2)21(4-5-28(26)43)17-42-10-7-23(8-11-42)39-29-27-13-25(14-32(33,34)35)45-30(27)41-31(37)40-29/h4-5,12-13,19,22-23H,3,6-11,14,16-18H2,1-2H3,(H,38,44)(H3,37,39,40,41)/t19-,22?,46?/m0/s1. The van der Waals surface area contributed by atoms with E-state index in [9.17, 15) is 22.6 Å². The predicted molar refractivity (Wildman–Crippen MR) is 180 cm³/mol. The van der Waals surface area contributed by atoms with Crippen molar-refractivity contribution in [3.8, 4) is 6.07 Å². The molecule has 0 aliphatic carbocycles. The molecule has 9 nitrogen and oxygen atoms in total. The maximum Gasteiger partial charge on any atom is 0.393 e. The molecule has 0 saturated carbocycles. The van der Waals surface area contributed by atoms with Crippen LogP contribution in [-0.4, -0.2) is 67.1 Å². The largest absolute Gasteiger partial charge is 0.393 e. The molecule has 3 aromatic heterocycles. The molecule has 0 amide bonds. The minimum atomic E-state index is -4.29. The molecule has 5 heterocycles. The number of nitrogen functional groups attached to an aromatic ring is 1. The molecule has 2 saturated heterocycles. The van der Waals surface area contributed by atoms with Gasteiger partial charge < -0.3 is 15.6 Å². The number of likely N-dealkylation sites (tertiary alicyclic amines) is 1. The summed E-state index contributed by atoms with van der Waals surface area (Å²) >= 11 is 0.997. The summed E-state index contributed by atoms with van der Waals surface area (Å²) in [5, 5.41) is 15.1. The van der Waals surface area contributed by atoms with Crippen molar-refractivity contribution in [2.75, 3.05) is 36.4 Å². The van der Waals surface area contributed by atoms with Crippen molar-refractivity contribution in [3.05, 3.63) is 46.0 Å². The lowest BCUT2D eigenvalue weighted by atomic mass is 9.92. The van der Waals surface area contributed by atoms with Crippen LogP contribution in [0.15, 0.2) is 24.3 Å². The van der Waals surface area contributed by atoms with Crippen LogP contribution < -0.4 is 15.8 Å². The third-order valence-corrected chi connectivity index (χ3v) is 12.1. The van der Waals surface area contributed by atoms with Crippen molar-refractivity contribution in [3.63, 3.8) is 0 Å². The van der Waals surface area contributed by atoms with Crippen LogP contribution in [-0.2, 0) is 29.2 Å². The highest BCUT2D eigenvalue weighted by molar-refractivity contribution is 7.98. The van der Waals surface area contributed by atoms with Gasteiger partial charge in [0.25, 0.3) is 0 Å². The topological polar surface area (TPSA) is 125 Å². The van der Waals surface area contributed by atoms with Crippen molar-refractivity contribution < 1.29 is 17.4 Å². The number of nitrogens with two attached hydrogens (primary N) is 1. The second kappa shape index (κ2) is 12.7. The first-order chi connectivity index (χ1) is 21.8. The van der Waals surface area contributed by atoms with Crippen LogP contribution in [0.25, 0.3) is 21.1 Å². The van der Waals surface area contributed by atoms with Gasteiger partial charge in [0.15, 0.2) is 0 Å². The Morgan fingerprint density at radius 3 is 2.70 bits per heavy atom. The number of aryl methyl sites for hydroxylation is 1. The number of hydrogen-bond acceptors (Lipinski definition) is 8. The van der Waals surface area contributed by atoms with Crippen LogP contribution >= 0.6 is 11.3 Å². The second-order valence-electron chi connectivity index (χ2n) is 12.8. The molecule has 6 rings (SSSR count). The van der Waals surface area contributed by atoms with E-state index in [0.29, 0.717) is 40.6 Å². The molecule has 2 unspecified atom stereocenters. The molecule has 2 aliphatic heterocycles. The Hall–Kier alpha value is -3.38. The molecular weight excluding hydrogens is 634 g/mol. The molecule has 3 atom stereocenters. The number of nitrogens with one attached hydrogen (secondary N) is 2. The van der Waals surface area contributed by atoms with Gasteiger partial charge in [-0.05, 0) is 73.2 Å². The van der Waals surface area contributed by atoms with Gasteiger partial charge in [-0.3, -0.25) is 9.11 Å². The minimum absolute atomic E-state index is 0.0385. The normalized spacial score (nSPS) is 22.3. The fourth-order valence-corrected chi connectivity index (χ4v) is 9.70. The summed E-state index contributed by atoms with van der Waals surface area (Å²) in [5.41, 5.74) is 9.94. The van der Waals surface area contributed by atoms with E-state index in [1.165, 1.54) is 11.6 Å². The van der Waals surface area contributed by atoms with Gasteiger partial charge in [0.2, 0.25) is 5.95 Å². The summed E-state index contributed by atoms with van der Waals surface area (Å²) in [7, 11) is -2.25. The molecule has 2 fully saturated rings. The number of aromatic nitrogens is 3. The molecule has 4 N–H and O–H groups in total. The lowest BCUT2D eigenvalue weighted by Gasteiger charge is -2.33. The molecule has 4 aromatic rings. The van der Waals surface area contributed by atoms with Gasteiger partial charge in [0.05, 0.1) is 11.8 Å². The van der Waals surface area contributed by atoms with Gasteiger partial charge in [0.1, 0.15) is 22.4 Å². The summed E-state index contributed by atoms with van der Waals surface area (Å²) in [5.74, 6) is 5.48. The average molecular weight is 673 g/mol. The molecule has 0 bridgehead atoms. The first kappa shape index (κ1) is 32.6. The quantitative estimate of drug-likeness (QED) is 0.212. The number of nitrogens with zero attached hydrogens (tertiary/aromatic N) is 5. The highest BCUT2D eigenvalue weighted by Gasteiger charge is 2.30. The number of fused-ring (bicyclic) bond motifs is 2. The van der Waals surface area contributed by atoms with Crippen molar-refractivity contribution in [2.24, 2.45) is 11.8 Å². The Bertz CT molecular complexity index is 1900. The van der Waals surface area contributed by atoms with Crippen molar-refractivity contribution in [1.29, 1.82) is 5.26 Å². The first-order valence-electron chi connectivity index (χ1n) is 15.5. The zero-order valence-electron chi connectivity index (χ0n) is 26.0. The van der Waals surface area contributed by atoms with Crippen molar-refractivity contribution >= 4 is 59.8 Å². The van der Waals surface area contributed by atoms with Gasteiger partial charge in [-0.25, -0.2) is 9.71 Å². The smallest absolute Gasteiger partial charge is 0.368 e. The molecule has 0 spiro atoms. The number of alkyl halides is 3. The highest BCUT2D eigenvalue weighted by Crippen LogP contribution is 2.35. The third-order valence-electron chi connectivity index (χ3n) is 9.38. The summed E-state index contributed by atoms with van der Waals surface area (Å²) in [4.78, 5) is 11.5. The van der Waals surface area contributed by atoms with E-state index in [0.717, 1.165) is 66.7 Å². The minimum Gasteiger partial charge on any atom is -0.368 e. The number of nitriles is 1. The maximum absolute atomic E-state index is 13.0. The number of anilines is 2. The van der Waals surface area contributed by atoms with Crippen molar-refractivity contribution in [1.82, 2.24) is 24.2 Å². The summed E-state index contributed by atoms with van der Waals surface area (Å²) in [6, 6.07) is 10.3. The molecule has 0 radical (unpaired) electrons. The molecule has 2 aliphatic rings. The number of piperidine rings is 1. The van der Waals surface area contributed by atoms with E-state index in [1.807, 2.05) is 6.07 Å². The first-order valence-corrected chi connectivity index (χ1v) is 18.2. The zero-order chi connectivity index (χ0) is 32.8. The van der Waals surface area contributed by atoms with E-state index in [2.05, 4.69) is 67.4 Å². The van der Waals surface area contributed by atoms with Gasteiger partial charge in [-0.2, -0.15) is 23.4 Å². The molecule has 14 heteroatoms. The van der Waals surface area contributed by atoms with Crippen LogP contribution in [0.2, 0.25) is 0 Å². The Morgan fingerprint density at radius 2 is 2.00 bits per heavy atom. The molecule has 246 valence electrons. The van der Waals surface area contributed by atoms with Gasteiger partial charge >= 0.3 is 6.18 Å². The summed E-state index contributed by atoms with van der Waals surface area (Å²) < 4.78 is 56.7. The Labute approximate surface area is 271 Å². The SMILES string of the molecule is C=S1(=O)CC([C@@H](C)Cn2c(C#N)cc3c(C)c(CN4CCC(Nc5nc(N)nc6sc(CC(F)(F)F)cc56)CC4)ccc32)CCN1. The number of halogens is 3. The predicted octanol–water partition coefficient (Wildman–Crippen LogP) is 5.47. The molecule has 46 heavy (non-hydrogen) atoms. The van der Waals surface area contributed by atoms with Crippen LogP contribution in [0.1, 0.15) is 47.9 Å². The van der Waals surface area contributed by atoms with E-state index < -0.39 is 22.3 Å². The average Bonchev–Trinajstić information content (AvgIpc) is 3.54. The lowest BCUT2D eigenvalue weighted by molar-refractivity contribution is -0.126. The Balaban J connectivity index is 1.12. The Morgan fingerprint density at radius 1 is 1.24 bits per heavy atom. The number of hydrogen-bond donors (Lipinski definition) is 3. The number of benzene rings is 1.